The van der Waals surface area contributed by atoms with E-state index in [-0.39, 0.29) is 0 Å². The van der Waals surface area contributed by atoms with Crippen molar-refractivity contribution in [2.75, 3.05) is 13.7 Å². The highest BCUT2D eigenvalue weighted by Gasteiger charge is 2.21. The van der Waals surface area contributed by atoms with Gasteiger partial charge in [-0.3, -0.25) is 0 Å². The summed E-state index contributed by atoms with van der Waals surface area (Å²) < 4.78 is 0. The first-order chi connectivity index (χ1) is 7.27. The van der Waals surface area contributed by atoms with Gasteiger partial charge in [0.2, 0.25) is 0 Å². The summed E-state index contributed by atoms with van der Waals surface area (Å²) in [6.45, 7) is 1.10. The molecule has 0 aromatic carbocycles. The van der Waals surface area contributed by atoms with E-state index in [4.69, 9.17) is 5.26 Å². The van der Waals surface area contributed by atoms with E-state index in [1.807, 2.05) is 0 Å². The molecular weight excluding hydrogens is 206 g/mol. The van der Waals surface area contributed by atoms with E-state index in [0.29, 0.717) is 0 Å². The number of rotatable bonds is 1. The quantitative estimate of drug-likeness (QED) is 0.549. The normalized spacial score (nSPS) is 20.9. The summed E-state index contributed by atoms with van der Waals surface area (Å²) >= 11 is 3.09. The average Bonchev–Trinajstić information content (AvgIpc) is 2.67. The van der Waals surface area contributed by atoms with Crippen molar-refractivity contribution in [1.82, 2.24) is 9.80 Å². The summed E-state index contributed by atoms with van der Waals surface area (Å²) in [5.41, 5.74) is 0. The SMILES string of the molecule is CN1C=CN(C2CCCCC2)C1.N#CS. The van der Waals surface area contributed by atoms with Crippen LogP contribution >= 0.6 is 12.6 Å². The summed E-state index contributed by atoms with van der Waals surface area (Å²) in [7, 11) is 2.14. The summed E-state index contributed by atoms with van der Waals surface area (Å²) in [6, 6.07) is 0.833. The van der Waals surface area contributed by atoms with Crippen molar-refractivity contribution in [3.8, 4) is 5.40 Å². The molecular formula is C11H19N3S. The Morgan fingerprint density at radius 2 is 1.87 bits per heavy atom. The molecule has 1 saturated carbocycles. The van der Waals surface area contributed by atoms with Crippen LogP contribution in [-0.4, -0.2) is 29.6 Å². The Hall–Kier alpha value is -0.820. The lowest BCUT2D eigenvalue weighted by Crippen LogP contribution is -2.34. The Labute approximate surface area is 97.8 Å². The molecule has 3 nitrogen and oxygen atoms in total. The zero-order valence-electron chi connectivity index (χ0n) is 9.26. The molecule has 0 aromatic rings. The van der Waals surface area contributed by atoms with Crippen molar-refractivity contribution in [3.63, 3.8) is 0 Å². The molecule has 0 unspecified atom stereocenters. The van der Waals surface area contributed by atoms with E-state index < -0.39 is 0 Å². The molecule has 84 valence electrons. The van der Waals surface area contributed by atoms with Gasteiger partial charge in [-0.1, -0.05) is 31.9 Å². The first-order valence-corrected chi connectivity index (χ1v) is 5.90. The maximum Gasteiger partial charge on any atom is 0.130 e. The van der Waals surface area contributed by atoms with Crippen LogP contribution in [0.5, 0.6) is 0 Å². The third-order valence-electron chi connectivity index (χ3n) is 2.94. The van der Waals surface area contributed by atoms with Crippen LogP contribution in [-0.2, 0) is 0 Å². The van der Waals surface area contributed by atoms with Crippen molar-refractivity contribution in [3.05, 3.63) is 12.4 Å². The van der Waals surface area contributed by atoms with Gasteiger partial charge in [0.15, 0.2) is 0 Å². The van der Waals surface area contributed by atoms with E-state index in [1.165, 1.54) is 37.5 Å². The third-order valence-corrected chi connectivity index (χ3v) is 2.94. The zero-order chi connectivity index (χ0) is 11.1. The number of nitriles is 1. The van der Waals surface area contributed by atoms with E-state index >= 15 is 0 Å². The maximum absolute atomic E-state index is 7.18. The van der Waals surface area contributed by atoms with Gasteiger partial charge in [0.05, 0.1) is 6.67 Å². The molecule has 1 fully saturated rings. The van der Waals surface area contributed by atoms with Gasteiger partial charge in [0.1, 0.15) is 5.40 Å². The van der Waals surface area contributed by atoms with Crippen molar-refractivity contribution >= 4 is 12.6 Å². The van der Waals surface area contributed by atoms with Crippen LogP contribution in [0.1, 0.15) is 32.1 Å². The van der Waals surface area contributed by atoms with Crippen LogP contribution in [0.2, 0.25) is 0 Å². The molecule has 0 N–H and O–H groups in total. The van der Waals surface area contributed by atoms with Crippen LogP contribution in [0.15, 0.2) is 12.4 Å². The van der Waals surface area contributed by atoms with E-state index in [2.05, 4.69) is 41.9 Å². The summed E-state index contributed by atoms with van der Waals surface area (Å²) in [5.74, 6) is 0. The summed E-state index contributed by atoms with van der Waals surface area (Å²) in [6.07, 6.45) is 11.5. The van der Waals surface area contributed by atoms with Crippen molar-refractivity contribution < 1.29 is 0 Å². The molecule has 0 aromatic heterocycles. The molecule has 0 atom stereocenters. The smallest absolute Gasteiger partial charge is 0.130 e. The monoisotopic (exact) mass is 225 g/mol. The highest BCUT2D eigenvalue weighted by atomic mass is 32.1. The van der Waals surface area contributed by atoms with E-state index in [0.717, 1.165) is 12.7 Å². The zero-order valence-corrected chi connectivity index (χ0v) is 10.2. The lowest BCUT2D eigenvalue weighted by Gasteiger charge is -2.31. The molecule has 0 spiro atoms. The maximum atomic E-state index is 7.18. The van der Waals surface area contributed by atoms with Gasteiger partial charge in [-0.15, -0.1) is 0 Å². The first kappa shape index (κ1) is 12.3. The second-order valence-corrected chi connectivity index (χ2v) is 4.30. The lowest BCUT2D eigenvalue weighted by atomic mass is 9.95. The summed E-state index contributed by atoms with van der Waals surface area (Å²) in [4.78, 5) is 4.73. The predicted molar refractivity (Wildman–Crippen MR) is 65.1 cm³/mol. The van der Waals surface area contributed by atoms with Crippen LogP contribution in [0.4, 0.5) is 0 Å². The van der Waals surface area contributed by atoms with Gasteiger partial charge in [0, 0.05) is 25.5 Å². The van der Waals surface area contributed by atoms with Crippen LogP contribution in [0.3, 0.4) is 0 Å². The van der Waals surface area contributed by atoms with Crippen molar-refractivity contribution in [2.24, 2.45) is 0 Å². The van der Waals surface area contributed by atoms with Gasteiger partial charge in [-0.25, -0.2) is 0 Å². The van der Waals surface area contributed by atoms with Gasteiger partial charge in [0.25, 0.3) is 0 Å². The molecule has 0 radical (unpaired) electrons. The van der Waals surface area contributed by atoms with Gasteiger partial charge in [-0.05, 0) is 12.8 Å². The molecule has 0 bridgehead atoms. The minimum atomic E-state index is 0.833. The summed E-state index contributed by atoms with van der Waals surface area (Å²) in [5, 5.41) is 8.63. The predicted octanol–water partition coefficient (Wildman–Crippen LogP) is 2.39. The molecule has 1 aliphatic heterocycles. The van der Waals surface area contributed by atoms with Crippen LogP contribution in [0, 0.1) is 10.7 Å². The Morgan fingerprint density at radius 3 is 2.33 bits per heavy atom. The second kappa shape index (κ2) is 6.62. The van der Waals surface area contributed by atoms with Gasteiger partial charge >= 0.3 is 0 Å². The lowest BCUT2D eigenvalue weighted by molar-refractivity contribution is 0.188. The van der Waals surface area contributed by atoms with Crippen LogP contribution in [0.25, 0.3) is 0 Å². The molecule has 2 aliphatic rings. The number of thiocyanates is 1. The van der Waals surface area contributed by atoms with Gasteiger partial charge in [-0.2, -0.15) is 5.26 Å². The topological polar surface area (TPSA) is 30.3 Å². The highest BCUT2D eigenvalue weighted by Crippen LogP contribution is 2.24. The standard InChI is InChI=1S/C10H18N2.CHNS/c1-11-7-8-12(9-11)10-5-3-2-4-6-10;2-1-3/h7-8,10H,2-6,9H2,1H3;3H. The molecule has 0 saturated heterocycles. The minimum Gasteiger partial charge on any atom is -0.362 e. The molecule has 2 rings (SSSR count). The molecule has 1 heterocycles. The molecule has 4 heteroatoms. The molecule has 15 heavy (non-hydrogen) atoms. The Kier molecular flexibility index (Phi) is 5.41. The molecule has 1 aliphatic carbocycles. The number of thiol groups is 1. The Morgan fingerprint density at radius 1 is 1.27 bits per heavy atom. The fourth-order valence-corrected chi connectivity index (χ4v) is 2.20. The van der Waals surface area contributed by atoms with E-state index in [9.17, 15) is 0 Å². The third kappa shape index (κ3) is 4.05. The van der Waals surface area contributed by atoms with Crippen molar-refractivity contribution in [1.29, 1.82) is 5.26 Å². The van der Waals surface area contributed by atoms with Gasteiger partial charge < -0.3 is 9.80 Å². The van der Waals surface area contributed by atoms with Crippen molar-refractivity contribution in [2.45, 2.75) is 38.1 Å². The number of nitrogens with zero attached hydrogens (tertiary/aromatic N) is 3. The van der Waals surface area contributed by atoms with E-state index in [1.54, 1.807) is 0 Å². The largest absolute Gasteiger partial charge is 0.362 e. The molecule has 0 amide bonds. The number of hydrogen-bond donors (Lipinski definition) is 1. The van der Waals surface area contributed by atoms with Crippen LogP contribution < -0.4 is 0 Å². The fourth-order valence-electron chi connectivity index (χ4n) is 2.20. The highest BCUT2D eigenvalue weighted by molar-refractivity contribution is 7.85. The fraction of sp³-hybridized carbons (Fsp3) is 0.727. The average molecular weight is 225 g/mol. The Balaban J connectivity index is 0.000000337. The minimum absolute atomic E-state index is 0.833. The second-order valence-electron chi connectivity index (χ2n) is 4.10. The Bertz CT molecular complexity index is 241. The number of hydrogen-bond acceptors (Lipinski definition) is 4. The first-order valence-electron chi connectivity index (χ1n) is 5.45.